The monoisotopic (exact) mass is 145 g/mol. The molecule has 0 fully saturated rings. The van der Waals surface area contributed by atoms with E-state index in [1.54, 1.807) is 0 Å². The Morgan fingerprint density at radius 3 is 2.40 bits per heavy atom. The largest absolute Gasteiger partial charge is 0.393 e. The maximum atomic E-state index is 10.4. The van der Waals surface area contributed by atoms with Crippen LogP contribution in [-0.4, -0.2) is 23.4 Å². The molecule has 0 aliphatic rings. The number of carbonyl (C=O) groups is 2. The molecule has 2 unspecified atom stereocenters. The predicted molar refractivity (Wildman–Crippen MR) is 35.0 cm³/mol. The van der Waals surface area contributed by atoms with E-state index in [2.05, 4.69) is 0 Å². The van der Waals surface area contributed by atoms with Gasteiger partial charge in [0.1, 0.15) is 6.29 Å². The first-order chi connectivity index (χ1) is 4.59. The Bertz CT molecular complexity index is 133. The third kappa shape index (κ3) is 2.59. The number of carbonyl (C=O) groups excluding carboxylic acids is 2. The predicted octanol–water partition coefficient (Wildman–Crippen LogP) is -0.942. The molecule has 1 amide bonds. The lowest BCUT2D eigenvalue weighted by molar-refractivity contribution is -0.127. The molecule has 0 aromatic heterocycles. The highest BCUT2D eigenvalue weighted by Crippen LogP contribution is 2.05. The third-order valence-corrected chi connectivity index (χ3v) is 1.30. The first-order valence-electron chi connectivity index (χ1n) is 3.00. The van der Waals surface area contributed by atoms with E-state index in [9.17, 15) is 9.59 Å². The number of rotatable bonds is 4. The molecule has 58 valence electrons. The summed E-state index contributed by atoms with van der Waals surface area (Å²) < 4.78 is 0. The first kappa shape index (κ1) is 9.10. The van der Waals surface area contributed by atoms with Crippen LogP contribution in [0, 0.1) is 5.92 Å². The summed E-state index contributed by atoms with van der Waals surface area (Å²) in [6, 6.07) is 0. The van der Waals surface area contributed by atoms with Crippen LogP contribution in [0.3, 0.4) is 0 Å². The van der Waals surface area contributed by atoms with E-state index in [0.29, 0.717) is 6.29 Å². The first-order valence-corrected chi connectivity index (χ1v) is 3.00. The smallest absolute Gasteiger partial charge is 0.223 e. The van der Waals surface area contributed by atoms with Crippen molar-refractivity contribution in [3.05, 3.63) is 0 Å². The Balaban J connectivity index is 3.97. The molecule has 4 nitrogen and oxygen atoms in total. The molecule has 2 atom stereocenters. The van der Waals surface area contributed by atoms with Crippen LogP contribution in [0.2, 0.25) is 0 Å². The number of aliphatic hydroxyl groups excluding tert-OH is 1. The number of nitrogens with two attached hydrogens (primary N) is 1. The van der Waals surface area contributed by atoms with Crippen molar-refractivity contribution in [2.24, 2.45) is 11.7 Å². The van der Waals surface area contributed by atoms with Gasteiger partial charge in [-0.25, -0.2) is 0 Å². The minimum absolute atomic E-state index is 0.00694. The van der Waals surface area contributed by atoms with Crippen molar-refractivity contribution in [1.29, 1.82) is 0 Å². The number of amides is 1. The normalized spacial score (nSPS) is 15.8. The highest BCUT2D eigenvalue weighted by Gasteiger charge is 2.19. The van der Waals surface area contributed by atoms with Gasteiger partial charge in [-0.15, -0.1) is 0 Å². The van der Waals surface area contributed by atoms with Gasteiger partial charge in [0.2, 0.25) is 5.91 Å². The fourth-order valence-electron chi connectivity index (χ4n) is 0.654. The lowest BCUT2D eigenvalue weighted by Crippen LogP contribution is -2.31. The summed E-state index contributed by atoms with van der Waals surface area (Å²) in [6.07, 6.45) is -0.280. The van der Waals surface area contributed by atoms with Crippen molar-refractivity contribution in [1.82, 2.24) is 0 Å². The second-order valence-electron chi connectivity index (χ2n) is 2.15. The molecule has 0 saturated carbocycles. The molecule has 4 heteroatoms. The summed E-state index contributed by atoms with van der Waals surface area (Å²) in [5.41, 5.74) is 4.87. The maximum Gasteiger partial charge on any atom is 0.223 e. The molecule has 0 radical (unpaired) electrons. The van der Waals surface area contributed by atoms with Gasteiger partial charge in [-0.3, -0.25) is 4.79 Å². The maximum absolute atomic E-state index is 10.4. The Labute approximate surface area is 59.0 Å². The van der Waals surface area contributed by atoms with Crippen LogP contribution in [0.4, 0.5) is 0 Å². The molecule has 0 bridgehead atoms. The van der Waals surface area contributed by atoms with E-state index in [4.69, 9.17) is 10.8 Å². The topological polar surface area (TPSA) is 80.4 Å². The lowest BCUT2D eigenvalue weighted by Gasteiger charge is -2.11. The van der Waals surface area contributed by atoms with Crippen molar-refractivity contribution < 1.29 is 14.7 Å². The highest BCUT2D eigenvalue weighted by molar-refractivity contribution is 5.79. The van der Waals surface area contributed by atoms with Gasteiger partial charge in [0.15, 0.2) is 0 Å². The van der Waals surface area contributed by atoms with Gasteiger partial charge in [-0.05, 0) is 6.92 Å². The van der Waals surface area contributed by atoms with Crippen molar-refractivity contribution >= 4 is 12.2 Å². The summed E-state index contributed by atoms with van der Waals surface area (Å²) >= 11 is 0. The van der Waals surface area contributed by atoms with Crippen LogP contribution in [0.1, 0.15) is 13.3 Å². The second-order valence-corrected chi connectivity index (χ2v) is 2.15. The van der Waals surface area contributed by atoms with Gasteiger partial charge >= 0.3 is 0 Å². The summed E-state index contributed by atoms with van der Waals surface area (Å²) in [5, 5.41) is 8.85. The molecule has 0 rings (SSSR count). The molecule has 3 N–H and O–H groups in total. The van der Waals surface area contributed by atoms with E-state index >= 15 is 0 Å². The molecule has 0 aliphatic heterocycles. The van der Waals surface area contributed by atoms with Gasteiger partial charge in [0.25, 0.3) is 0 Å². The SMILES string of the molecule is CC(O)C(CC=O)C(N)=O. The Hall–Kier alpha value is -0.900. The molecule has 0 saturated heterocycles. The fourth-order valence-corrected chi connectivity index (χ4v) is 0.654. The van der Waals surface area contributed by atoms with E-state index in [0.717, 1.165) is 0 Å². The van der Waals surface area contributed by atoms with Crippen LogP contribution < -0.4 is 5.73 Å². The molecule has 0 aromatic carbocycles. The molecule has 0 heterocycles. The number of hydrogen-bond donors (Lipinski definition) is 2. The summed E-state index contributed by atoms with van der Waals surface area (Å²) in [4.78, 5) is 20.3. The van der Waals surface area contributed by atoms with Gasteiger partial charge in [-0.1, -0.05) is 0 Å². The van der Waals surface area contributed by atoms with Crippen LogP contribution in [0.15, 0.2) is 0 Å². The number of aldehydes is 1. The fraction of sp³-hybridized carbons (Fsp3) is 0.667. The van der Waals surface area contributed by atoms with Crippen LogP contribution >= 0.6 is 0 Å². The van der Waals surface area contributed by atoms with Crippen molar-refractivity contribution in [2.45, 2.75) is 19.4 Å². The quantitative estimate of drug-likeness (QED) is 0.501. The standard InChI is InChI=1S/C6H11NO3/c1-4(9)5(2-3-8)6(7)10/h3-5,9H,2H2,1H3,(H2,7,10). The van der Waals surface area contributed by atoms with Crippen molar-refractivity contribution in [2.75, 3.05) is 0 Å². The van der Waals surface area contributed by atoms with Crippen LogP contribution in [-0.2, 0) is 9.59 Å². The minimum Gasteiger partial charge on any atom is -0.393 e. The van der Waals surface area contributed by atoms with Crippen LogP contribution in [0.25, 0.3) is 0 Å². The van der Waals surface area contributed by atoms with Gasteiger partial charge in [0.05, 0.1) is 12.0 Å². The average Bonchev–Trinajstić information content (AvgIpc) is 1.81. The second kappa shape index (κ2) is 4.00. The molecule has 10 heavy (non-hydrogen) atoms. The molecule has 0 aliphatic carbocycles. The van der Waals surface area contributed by atoms with Gasteiger partial charge in [0, 0.05) is 6.42 Å². The summed E-state index contributed by atoms with van der Waals surface area (Å²) in [5.74, 6) is -1.38. The zero-order valence-electron chi connectivity index (χ0n) is 5.78. The Kier molecular flexibility index (Phi) is 3.64. The highest BCUT2D eigenvalue weighted by atomic mass is 16.3. The average molecular weight is 145 g/mol. The Morgan fingerprint density at radius 1 is 1.80 bits per heavy atom. The number of hydrogen-bond acceptors (Lipinski definition) is 3. The van der Waals surface area contributed by atoms with Gasteiger partial charge in [-0.2, -0.15) is 0 Å². The van der Waals surface area contributed by atoms with Crippen molar-refractivity contribution in [3.63, 3.8) is 0 Å². The minimum atomic E-state index is -0.845. The summed E-state index contributed by atoms with van der Waals surface area (Å²) in [6.45, 7) is 1.43. The van der Waals surface area contributed by atoms with Crippen molar-refractivity contribution in [3.8, 4) is 0 Å². The van der Waals surface area contributed by atoms with E-state index in [1.165, 1.54) is 6.92 Å². The summed E-state index contributed by atoms with van der Waals surface area (Å²) in [7, 11) is 0. The van der Waals surface area contributed by atoms with Gasteiger partial charge < -0.3 is 15.6 Å². The lowest BCUT2D eigenvalue weighted by atomic mass is 10.0. The number of aliphatic hydroxyl groups is 1. The van der Waals surface area contributed by atoms with Crippen LogP contribution in [0.5, 0.6) is 0 Å². The molecular formula is C6H11NO3. The Morgan fingerprint density at radius 2 is 2.30 bits per heavy atom. The van der Waals surface area contributed by atoms with E-state index in [-0.39, 0.29) is 6.42 Å². The molecule has 0 spiro atoms. The third-order valence-electron chi connectivity index (χ3n) is 1.30. The van der Waals surface area contributed by atoms with E-state index in [1.807, 2.05) is 0 Å². The van der Waals surface area contributed by atoms with E-state index < -0.39 is 17.9 Å². The molecule has 0 aromatic rings. The zero-order chi connectivity index (χ0) is 8.15. The zero-order valence-corrected chi connectivity index (χ0v) is 5.78. The molecular weight excluding hydrogens is 134 g/mol. The number of primary amides is 1.